The van der Waals surface area contributed by atoms with Crippen molar-refractivity contribution >= 4 is 5.96 Å². The minimum absolute atomic E-state index is 0.565. The van der Waals surface area contributed by atoms with Crippen LogP contribution in [0.2, 0.25) is 0 Å². The summed E-state index contributed by atoms with van der Waals surface area (Å²) in [7, 11) is 0. The molecule has 0 amide bonds. The average Bonchev–Trinajstić information content (AvgIpc) is 3.34. The zero-order valence-electron chi connectivity index (χ0n) is 14.2. The van der Waals surface area contributed by atoms with Gasteiger partial charge in [-0.25, -0.2) is 0 Å². The molecule has 0 aromatic rings. The Morgan fingerprint density at radius 2 is 2.00 bits per heavy atom. The molecule has 2 N–H and O–H groups in total. The smallest absolute Gasteiger partial charge is 0.191 e. The van der Waals surface area contributed by atoms with Crippen molar-refractivity contribution in [3.63, 3.8) is 0 Å². The molecule has 0 heterocycles. The maximum atomic E-state index is 5.68. The molecule has 0 aromatic heterocycles. The molecule has 3 aliphatic rings. The summed E-state index contributed by atoms with van der Waals surface area (Å²) in [6, 6.07) is 0. The molecule has 0 spiro atoms. The van der Waals surface area contributed by atoms with E-state index in [1.807, 2.05) is 0 Å². The molecular formula is C18H33N3O. The molecule has 22 heavy (non-hydrogen) atoms. The number of nitrogens with zero attached hydrogens (tertiary/aromatic N) is 1. The van der Waals surface area contributed by atoms with Crippen molar-refractivity contribution in [1.29, 1.82) is 0 Å². The van der Waals surface area contributed by atoms with Gasteiger partial charge in [-0.1, -0.05) is 6.42 Å². The van der Waals surface area contributed by atoms with E-state index >= 15 is 0 Å². The van der Waals surface area contributed by atoms with Crippen LogP contribution in [0.4, 0.5) is 0 Å². The van der Waals surface area contributed by atoms with Crippen molar-refractivity contribution in [2.24, 2.45) is 22.2 Å². The standard InChI is InChI=1S/C18H33N3O/c1-2-19-17(20-11-4-12-22-13-15-5-6-15)21-14-18(9-3-10-18)16-7-8-16/h15-16H,2-14H2,1H3,(H2,19,20,21). The Morgan fingerprint density at radius 1 is 1.18 bits per heavy atom. The highest BCUT2D eigenvalue weighted by molar-refractivity contribution is 5.79. The van der Waals surface area contributed by atoms with Crippen LogP contribution < -0.4 is 10.6 Å². The van der Waals surface area contributed by atoms with Gasteiger partial charge in [-0.05, 0) is 69.1 Å². The molecule has 0 aliphatic heterocycles. The zero-order chi connectivity index (χ0) is 15.3. The van der Waals surface area contributed by atoms with Crippen molar-refractivity contribution in [2.45, 2.75) is 58.3 Å². The lowest BCUT2D eigenvalue weighted by molar-refractivity contribution is 0.113. The fourth-order valence-electron chi connectivity index (χ4n) is 3.52. The minimum atomic E-state index is 0.565. The van der Waals surface area contributed by atoms with E-state index in [9.17, 15) is 0 Å². The Bertz CT molecular complexity index is 371. The van der Waals surface area contributed by atoms with Gasteiger partial charge >= 0.3 is 0 Å². The Labute approximate surface area is 135 Å². The summed E-state index contributed by atoms with van der Waals surface area (Å²) in [6.07, 6.45) is 10.9. The Kier molecular flexibility index (Phi) is 5.61. The maximum Gasteiger partial charge on any atom is 0.191 e. The molecule has 3 rings (SSSR count). The number of hydrogen-bond acceptors (Lipinski definition) is 2. The van der Waals surface area contributed by atoms with Crippen molar-refractivity contribution in [2.75, 3.05) is 32.8 Å². The molecule has 3 saturated carbocycles. The fraction of sp³-hybridized carbons (Fsp3) is 0.944. The summed E-state index contributed by atoms with van der Waals surface area (Å²) >= 11 is 0. The molecule has 0 saturated heterocycles. The first-order valence-corrected chi connectivity index (χ1v) is 9.42. The molecule has 3 fully saturated rings. The van der Waals surface area contributed by atoms with Crippen LogP contribution >= 0.6 is 0 Å². The topological polar surface area (TPSA) is 45.7 Å². The molecule has 4 heteroatoms. The van der Waals surface area contributed by atoms with Crippen LogP contribution in [-0.2, 0) is 4.74 Å². The van der Waals surface area contributed by atoms with Crippen LogP contribution in [0.5, 0.6) is 0 Å². The van der Waals surface area contributed by atoms with E-state index in [0.717, 1.165) is 57.1 Å². The van der Waals surface area contributed by atoms with Crippen LogP contribution in [0.15, 0.2) is 4.99 Å². The van der Waals surface area contributed by atoms with E-state index in [-0.39, 0.29) is 0 Å². The third kappa shape index (κ3) is 4.61. The maximum absolute atomic E-state index is 5.68. The first-order chi connectivity index (χ1) is 10.8. The molecule has 0 atom stereocenters. The van der Waals surface area contributed by atoms with Gasteiger partial charge in [0.25, 0.3) is 0 Å². The quantitative estimate of drug-likeness (QED) is 0.370. The third-order valence-corrected chi connectivity index (χ3v) is 5.50. The highest BCUT2D eigenvalue weighted by Gasteiger charge is 2.48. The van der Waals surface area contributed by atoms with E-state index in [0.29, 0.717) is 5.41 Å². The molecule has 0 bridgehead atoms. The van der Waals surface area contributed by atoms with Gasteiger partial charge in [0.15, 0.2) is 5.96 Å². The van der Waals surface area contributed by atoms with Crippen LogP contribution in [-0.4, -0.2) is 38.8 Å². The highest BCUT2D eigenvalue weighted by Crippen LogP contribution is 2.57. The zero-order valence-corrected chi connectivity index (χ0v) is 14.2. The largest absolute Gasteiger partial charge is 0.381 e. The van der Waals surface area contributed by atoms with Crippen molar-refractivity contribution in [1.82, 2.24) is 10.6 Å². The van der Waals surface area contributed by atoms with E-state index in [2.05, 4.69) is 17.6 Å². The summed E-state index contributed by atoms with van der Waals surface area (Å²) in [4.78, 5) is 4.88. The number of aliphatic imine (C=N–C) groups is 1. The highest BCUT2D eigenvalue weighted by atomic mass is 16.5. The van der Waals surface area contributed by atoms with E-state index in [4.69, 9.17) is 9.73 Å². The fourth-order valence-corrected chi connectivity index (χ4v) is 3.52. The summed E-state index contributed by atoms with van der Waals surface area (Å²) in [5.41, 5.74) is 0.565. The molecular weight excluding hydrogens is 274 g/mol. The number of hydrogen-bond donors (Lipinski definition) is 2. The molecule has 4 nitrogen and oxygen atoms in total. The third-order valence-electron chi connectivity index (χ3n) is 5.50. The predicted octanol–water partition coefficient (Wildman–Crippen LogP) is 2.94. The van der Waals surface area contributed by atoms with E-state index < -0.39 is 0 Å². The van der Waals surface area contributed by atoms with Gasteiger partial charge in [-0.15, -0.1) is 0 Å². The number of guanidine groups is 1. The van der Waals surface area contributed by atoms with Crippen molar-refractivity contribution in [3.05, 3.63) is 0 Å². The number of nitrogens with one attached hydrogen (secondary N) is 2. The van der Waals surface area contributed by atoms with Gasteiger partial charge < -0.3 is 15.4 Å². The first kappa shape index (κ1) is 16.1. The molecule has 0 aromatic carbocycles. The minimum Gasteiger partial charge on any atom is -0.381 e. The summed E-state index contributed by atoms with van der Waals surface area (Å²) in [5, 5.41) is 6.84. The number of ether oxygens (including phenoxy) is 1. The Hall–Kier alpha value is -0.770. The van der Waals surface area contributed by atoms with Crippen molar-refractivity contribution in [3.8, 4) is 0 Å². The number of rotatable bonds is 10. The summed E-state index contributed by atoms with van der Waals surface area (Å²) in [6.45, 7) is 6.88. The second-order valence-corrected chi connectivity index (χ2v) is 7.48. The van der Waals surface area contributed by atoms with Gasteiger partial charge in [0, 0.05) is 32.8 Å². The average molecular weight is 307 g/mol. The lowest BCUT2D eigenvalue weighted by Crippen LogP contribution is -2.41. The summed E-state index contributed by atoms with van der Waals surface area (Å²) in [5.74, 6) is 2.84. The van der Waals surface area contributed by atoms with Gasteiger partial charge in [-0.2, -0.15) is 0 Å². The lowest BCUT2D eigenvalue weighted by Gasteiger charge is -2.41. The second kappa shape index (κ2) is 7.67. The van der Waals surface area contributed by atoms with Crippen LogP contribution in [0.3, 0.4) is 0 Å². The first-order valence-electron chi connectivity index (χ1n) is 9.42. The lowest BCUT2D eigenvalue weighted by atomic mass is 9.65. The monoisotopic (exact) mass is 307 g/mol. The van der Waals surface area contributed by atoms with Gasteiger partial charge in [-0.3, -0.25) is 4.99 Å². The van der Waals surface area contributed by atoms with Crippen LogP contribution in [0.1, 0.15) is 58.3 Å². The van der Waals surface area contributed by atoms with Gasteiger partial charge in [0.05, 0.1) is 0 Å². The molecule has 0 radical (unpaired) electrons. The van der Waals surface area contributed by atoms with Crippen LogP contribution in [0.25, 0.3) is 0 Å². The normalized spacial score (nSPS) is 24.0. The SMILES string of the molecule is CCNC(=NCC1(C2CC2)CCC1)NCCCOCC1CC1. The molecule has 0 unspecified atom stereocenters. The predicted molar refractivity (Wildman–Crippen MR) is 91.1 cm³/mol. The second-order valence-electron chi connectivity index (χ2n) is 7.48. The Balaban J connectivity index is 1.34. The van der Waals surface area contributed by atoms with Crippen LogP contribution in [0, 0.1) is 17.3 Å². The van der Waals surface area contributed by atoms with Gasteiger partial charge in [0.2, 0.25) is 0 Å². The molecule has 3 aliphatic carbocycles. The summed E-state index contributed by atoms with van der Waals surface area (Å²) < 4.78 is 5.68. The Morgan fingerprint density at radius 3 is 2.59 bits per heavy atom. The van der Waals surface area contributed by atoms with E-state index in [1.165, 1.54) is 44.9 Å². The van der Waals surface area contributed by atoms with Gasteiger partial charge in [0.1, 0.15) is 0 Å². The van der Waals surface area contributed by atoms with E-state index in [1.54, 1.807) is 0 Å². The molecule has 126 valence electrons. The van der Waals surface area contributed by atoms with Crippen molar-refractivity contribution < 1.29 is 4.74 Å².